The highest BCUT2D eigenvalue weighted by Gasteiger charge is 2.28. The molecule has 0 radical (unpaired) electrons. The van der Waals surface area contributed by atoms with E-state index in [4.69, 9.17) is 0 Å². The molecule has 0 aliphatic carbocycles. The normalized spacial score (nSPS) is 15.3. The van der Waals surface area contributed by atoms with Gasteiger partial charge >= 0.3 is 0 Å². The van der Waals surface area contributed by atoms with E-state index < -0.39 is 0 Å². The first-order valence-electron chi connectivity index (χ1n) is 9.11. The number of rotatable bonds is 2. The maximum absolute atomic E-state index is 13.7. The Balaban J connectivity index is 1.46. The van der Waals surface area contributed by atoms with Gasteiger partial charge in [-0.1, -0.05) is 12.1 Å². The lowest BCUT2D eigenvalue weighted by atomic mass is 10.0. The second kappa shape index (κ2) is 5.94. The summed E-state index contributed by atoms with van der Waals surface area (Å²) in [6, 6.07) is 12.2. The predicted octanol–water partition coefficient (Wildman–Crippen LogP) is 3.80. The molecule has 3 heterocycles. The standard InChI is InChI=1S/C21H19FN4O/c1-13(26-12-23-19-4-2-3-5-20(19)26)21(27)25-9-8-18-16(11-25)15-10-14(22)6-7-17(15)24-18/h2-7,10,12-13,24H,8-9,11H2,1H3. The van der Waals surface area contributed by atoms with E-state index in [0.717, 1.165) is 39.6 Å². The van der Waals surface area contributed by atoms with Gasteiger partial charge in [-0.15, -0.1) is 0 Å². The largest absolute Gasteiger partial charge is 0.358 e. The number of carbonyl (C=O) groups excluding carboxylic acids is 1. The molecule has 0 saturated carbocycles. The number of nitrogens with one attached hydrogen (secondary N) is 1. The topological polar surface area (TPSA) is 53.9 Å². The SMILES string of the molecule is CC(C(=O)N1CCc2[nH]c3ccc(F)cc3c2C1)n1cnc2ccccc21. The quantitative estimate of drug-likeness (QED) is 0.590. The molecule has 0 spiro atoms. The minimum atomic E-state index is -0.346. The van der Waals surface area contributed by atoms with Gasteiger partial charge in [0.15, 0.2) is 0 Å². The third-order valence-corrected chi connectivity index (χ3v) is 5.50. The molecular weight excluding hydrogens is 343 g/mol. The number of H-pyrrole nitrogens is 1. The highest BCUT2D eigenvalue weighted by Crippen LogP contribution is 2.29. The van der Waals surface area contributed by atoms with E-state index >= 15 is 0 Å². The number of fused-ring (bicyclic) bond motifs is 4. The van der Waals surface area contributed by atoms with Gasteiger partial charge in [0.25, 0.3) is 0 Å². The average Bonchev–Trinajstić information content (AvgIpc) is 3.27. The van der Waals surface area contributed by atoms with Crippen LogP contribution in [-0.4, -0.2) is 31.9 Å². The van der Waals surface area contributed by atoms with E-state index in [1.807, 2.05) is 40.7 Å². The minimum Gasteiger partial charge on any atom is -0.358 e. The first-order valence-corrected chi connectivity index (χ1v) is 9.11. The molecule has 5 rings (SSSR count). The third kappa shape index (κ3) is 2.51. The summed E-state index contributed by atoms with van der Waals surface area (Å²) < 4.78 is 15.6. The lowest BCUT2D eigenvalue weighted by molar-refractivity contribution is -0.135. The molecule has 1 aliphatic heterocycles. The molecule has 1 N–H and O–H groups in total. The van der Waals surface area contributed by atoms with E-state index in [0.29, 0.717) is 13.1 Å². The van der Waals surface area contributed by atoms with Gasteiger partial charge in [-0.2, -0.15) is 0 Å². The molecule has 1 aliphatic rings. The summed E-state index contributed by atoms with van der Waals surface area (Å²) in [6.45, 7) is 3.05. The number of benzene rings is 2. The van der Waals surface area contributed by atoms with Crippen LogP contribution < -0.4 is 0 Å². The predicted molar refractivity (Wildman–Crippen MR) is 102 cm³/mol. The number of carbonyl (C=O) groups is 1. The lowest BCUT2D eigenvalue weighted by Crippen LogP contribution is -2.39. The summed E-state index contributed by atoms with van der Waals surface area (Å²) in [7, 11) is 0. The smallest absolute Gasteiger partial charge is 0.245 e. The van der Waals surface area contributed by atoms with Crippen molar-refractivity contribution in [3.63, 3.8) is 0 Å². The van der Waals surface area contributed by atoms with Crippen LogP contribution in [0.1, 0.15) is 24.2 Å². The van der Waals surface area contributed by atoms with Gasteiger partial charge in [-0.25, -0.2) is 9.37 Å². The summed E-state index contributed by atoms with van der Waals surface area (Å²) in [6.07, 6.45) is 2.47. The first kappa shape index (κ1) is 16.1. The van der Waals surface area contributed by atoms with Crippen LogP contribution in [0.5, 0.6) is 0 Å². The van der Waals surface area contributed by atoms with E-state index in [9.17, 15) is 9.18 Å². The van der Waals surface area contributed by atoms with Crippen molar-refractivity contribution >= 4 is 27.8 Å². The maximum Gasteiger partial charge on any atom is 0.245 e. The third-order valence-electron chi connectivity index (χ3n) is 5.50. The fourth-order valence-corrected chi connectivity index (χ4v) is 4.04. The molecule has 2 aromatic heterocycles. The van der Waals surface area contributed by atoms with Crippen LogP contribution in [0.25, 0.3) is 21.9 Å². The first-order chi connectivity index (χ1) is 13.1. The summed E-state index contributed by atoms with van der Waals surface area (Å²) in [5.41, 5.74) is 4.87. The molecular formula is C21H19FN4O. The number of imidazole rings is 1. The number of aromatic nitrogens is 3. The Morgan fingerprint density at radius 2 is 2.11 bits per heavy atom. The Morgan fingerprint density at radius 3 is 3.00 bits per heavy atom. The lowest BCUT2D eigenvalue weighted by Gasteiger charge is -2.30. The van der Waals surface area contributed by atoms with Gasteiger partial charge in [0.2, 0.25) is 5.91 Å². The van der Waals surface area contributed by atoms with Crippen molar-refractivity contribution in [1.29, 1.82) is 0 Å². The number of para-hydroxylation sites is 2. The van der Waals surface area contributed by atoms with Gasteiger partial charge < -0.3 is 14.5 Å². The van der Waals surface area contributed by atoms with Crippen LogP contribution in [0.3, 0.4) is 0 Å². The zero-order chi connectivity index (χ0) is 18.5. The van der Waals surface area contributed by atoms with Crippen LogP contribution in [0, 0.1) is 5.82 Å². The molecule has 5 nitrogen and oxygen atoms in total. The molecule has 2 aromatic carbocycles. The fourth-order valence-electron chi connectivity index (χ4n) is 4.04. The minimum absolute atomic E-state index is 0.0505. The second-order valence-corrected chi connectivity index (χ2v) is 7.10. The van der Waals surface area contributed by atoms with Crippen molar-refractivity contribution in [3.8, 4) is 0 Å². The van der Waals surface area contributed by atoms with Crippen LogP contribution in [0.15, 0.2) is 48.8 Å². The molecule has 1 atom stereocenters. The highest BCUT2D eigenvalue weighted by molar-refractivity contribution is 5.87. The molecule has 0 saturated heterocycles. The zero-order valence-corrected chi connectivity index (χ0v) is 14.9. The molecule has 4 aromatic rings. The fraction of sp³-hybridized carbons (Fsp3) is 0.238. The van der Waals surface area contributed by atoms with Gasteiger partial charge in [0.05, 0.1) is 17.4 Å². The second-order valence-electron chi connectivity index (χ2n) is 7.10. The molecule has 0 fully saturated rings. The molecule has 1 amide bonds. The van der Waals surface area contributed by atoms with E-state index in [1.54, 1.807) is 18.5 Å². The molecule has 6 heteroatoms. The highest BCUT2D eigenvalue weighted by atomic mass is 19.1. The monoisotopic (exact) mass is 362 g/mol. The van der Waals surface area contributed by atoms with Crippen LogP contribution in [0.4, 0.5) is 4.39 Å². The Hall–Kier alpha value is -3.15. The Morgan fingerprint density at radius 1 is 1.26 bits per heavy atom. The van der Waals surface area contributed by atoms with Crippen LogP contribution >= 0.6 is 0 Å². The van der Waals surface area contributed by atoms with Crippen molar-refractivity contribution in [2.24, 2.45) is 0 Å². The Labute approximate surface area is 155 Å². The number of hydrogen-bond donors (Lipinski definition) is 1. The van der Waals surface area contributed by atoms with Crippen LogP contribution in [-0.2, 0) is 17.8 Å². The number of amides is 1. The average molecular weight is 362 g/mol. The van der Waals surface area contributed by atoms with Gasteiger partial charge in [-0.3, -0.25) is 4.79 Å². The molecule has 1 unspecified atom stereocenters. The van der Waals surface area contributed by atoms with Crippen molar-refractivity contribution < 1.29 is 9.18 Å². The number of halogens is 1. The number of hydrogen-bond acceptors (Lipinski definition) is 2. The van der Waals surface area contributed by atoms with Crippen molar-refractivity contribution in [2.75, 3.05) is 6.54 Å². The summed E-state index contributed by atoms with van der Waals surface area (Å²) in [5.74, 6) is -0.208. The van der Waals surface area contributed by atoms with Gasteiger partial charge in [0.1, 0.15) is 11.9 Å². The van der Waals surface area contributed by atoms with Gasteiger partial charge in [0, 0.05) is 41.7 Å². The summed E-state index contributed by atoms with van der Waals surface area (Å²) >= 11 is 0. The van der Waals surface area contributed by atoms with E-state index in [1.165, 1.54) is 6.07 Å². The van der Waals surface area contributed by atoms with Gasteiger partial charge in [-0.05, 0) is 37.3 Å². The summed E-state index contributed by atoms with van der Waals surface area (Å²) in [4.78, 5) is 22.8. The Kier molecular flexibility index (Phi) is 3.53. The van der Waals surface area contributed by atoms with E-state index in [-0.39, 0.29) is 17.8 Å². The molecule has 0 bridgehead atoms. The zero-order valence-electron chi connectivity index (χ0n) is 14.9. The molecule has 27 heavy (non-hydrogen) atoms. The van der Waals surface area contributed by atoms with Crippen LogP contribution in [0.2, 0.25) is 0 Å². The molecule has 136 valence electrons. The number of aromatic amines is 1. The maximum atomic E-state index is 13.7. The van der Waals surface area contributed by atoms with Crippen molar-refractivity contribution in [1.82, 2.24) is 19.4 Å². The number of nitrogens with zero attached hydrogens (tertiary/aromatic N) is 3. The Bertz CT molecular complexity index is 1180. The van der Waals surface area contributed by atoms with Crippen molar-refractivity contribution in [2.45, 2.75) is 25.9 Å². The van der Waals surface area contributed by atoms with E-state index in [2.05, 4.69) is 9.97 Å². The van der Waals surface area contributed by atoms with Crippen molar-refractivity contribution in [3.05, 3.63) is 65.9 Å². The summed E-state index contributed by atoms with van der Waals surface area (Å²) in [5, 5.41) is 0.864.